The second kappa shape index (κ2) is 7.51. The summed E-state index contributed by atoms with van der Waals surface area (Å²) in [4.78, 5) is 0. The monoisotopic (exact) mass is 219 g/mol. The number of nitrogens with one attached hydrogen (secondary N) is 1. The highest BCUT2D eigenvalue weighted by atomic mass is 32.2. The third-order valence-electron chi connectivity index (χ3n) is 2.23. The molecule has 0 aromatic rings. The summed E-state index contributed by atoms with van der Waals surface area (Å²) in [6.07, 6.45) is 3.67. The number of methoxy groups -OCH3 is 1. The first-order valence-electron chi connectivity index (χ1n) is 5.30. The van der Waals surface area contributed by atoms with Crippen LogP contribution in [0.5, 0.6) is 0 Å². The smallest absolute Gasteiger partial charge is 0.0592 e. The SMILES string of the molecule is COCCCSCC(CO)NC1CC1. The van der Waals surface area contributed by atoms with Crippen LogP contribution in [0.1, 0.15) is 19.3 Å². The van der Waals surface area contributed by atoms with Gasteiger partial charge < -0.3 is 15.2 Å². The Kier molecular flexibility index (Phi) is 6.60. The molecule has 0 saturated heterocycles. The van der Waals surface area contributed by atoms with Crippen molar-refractivity contribution < 1.29 is 9.84 Å². The Hall–Kier alpha value is 0.230. The quantitative estimate of drug-likeness (QED) is 0.565. The Morgan fingerprint density at radius 1 is 1.57 bits per heavy atom. The summed E-state index contributed by atoms with van der Waals surface area (Å²) in [6.45, 7) is 1.10. The first kappa shape index (κ1) is 12.3. The second-order valence-corrected chi connectivity index (χ2v) is 4.89. The molecular weight excluding hydrogens is 198 g/mol. The van der Waals surface area contributed by atoms with Gasteiger partial charge in [0.15, 0.2) is 0 Å². The summed E-state index contributed by atoms with van der Waals surface area (Å²) in [5, 5.41) is 12.5. The first-order valence-corrected chi connectivity index (χ1v) is 6.46. The van der Waals surface area contributed by atoms with E-state index in [9.17, 15) is 0 Å². The summed E-state index contributed by atoms with van der Waals surface area (Å²) in [7, 11) is 1.73. The van der Waals surface area contributed by atoms with Crippen molar-refractivity contribution in [3.05, 3.63) is 0 Å². The largest absolute Gasteiger partial charge is 0.395 e. The number of hydrogen-bond acceptors (Lipinski definition) is 4. The molecule has 0 amide bonds. The number of ether oxygens (including phenoxy) is 1. The normalized spacial score (nSPS) is 18.4. The van der Waals surface area contributed by atoms with E-state index in [2.05, 4.69) is 5.32 Å². The molecule has 3 nitrogen and oxygen atoms in total. The maximum absolute atomic E-state index is 9.10. The van der Waals surface area contributed by atoms with Crippen LogP contribution in [0, 0.1) is 0 Å². The third-order valence-corrected chi connectivity index (χ3v) is 3.44. The maximum Gasteiger partial charge on any atom is 0.0592 e. The van der Waals surface area contributed by atoms with Crippen LogP contribution < -0.4 is 5.32 Å². The topological polar surface area (TPSA) is 41.5 Å². The van der Waals surface area contributed by atoms with Crippen molar-refractivity contribution in [1.82, 2.24) is 5.32 Å². The van der Waals surface area contributed by atoms with Crippen LogP contribution in [0.4, 0.5) is 0 Å². The molecule has 1 fully saturated rings. The highest BCUT2D eigenvalue weighted by Crippen LogP contribution is 2.20. The predicted molar refractivity (Wildman–Crippen MR) is 60.8 cm³/mol. The van der Waals surface area contributed by atoms with Gasteiger partial charge in [-0.3, -0.25) is 0 Å². The zero-order valence-electron chi connectivity index (χ0n) is 8.87. The molecule has 0 aromatic heterocycles. The maximum atomic E-state index is 9.10. The van der Waals surface area contributed by atoms with Gasteiger partial charge in [-0.2, -0.15) is 11.8 Å². The molecule has 0 aliphatic heterocycles. The number of aliphatic hydroxyl groups excluding tert-OH is 1. The van der Waals surface area contributed by atoms with Gasteiger partial charge in [0.25, 0.3) is 0 Å². The predicted octanol–water partition coefficient (Wildman–Crippen LogP) is 0.869. The number of rotatable bonds is 9. The van der Waals surface area contributed by atoms with E-state index in [1.165, 1.54) is 12.8 Å². The molecule has 0 aromatic carbocycles. The van der Waals surface area contributed by atoms with Gasteiger partial charge in [0, 0.05) is 31.6 Å². The molecule has 1 atom stereocenters. The molecule has 0 heterocycles. The van der Waals surface area contributed by atoms with Crippen molar-refractivity contribution in [2.45, 2.75) is 31.3 Å². The van der Waals surface area contributed by atoms with E-state index in [0.717, 1.165) is 24.5 Å². The van der Waals surface area contributed by atoms with Gasteiger partial charge in [-0.05, 0) is 25.0 Å². The lowest BCUT2D eigenvalue weighted by molar-refractivity contribution is 0.200. The van der Waals surface area contributed by atoms with Crippen molar-refractivity contribution in [2.24, 2.45) is 0 Å². The summed E-state index contributed by atoms with van der Waals surface area (Å²) < 4.78 is 4.97. The van der Waals surface area contributed by atoms with Gasteiger partial charge >= 0.3 is 0 Å². The lowest BCUT2D eigenvalue weighted by atomic mass is 10.3. The third kappa shape index (κ3) is 5.86. The van der Waals surface area contributed by atoms with E-state index in [-0.39, 0.29) is 12.6 Å². The van der Waals surface area contributed by atoms with Gasteiger partial charge in [0.2, 0.25) is 0 Å². The summed E-state index contributed by atoms with van der Waals surface area (Å²) in [6, 6.07) is 0.974. The van der Waals surface area contributed by atoms with E-state index in [1.807, 2.05) is 11.8 Å². The molecule has 1 saturated carbocycles. The van der Waals surface area contributed by atoms with Crippen molar-refractivity contribution in [3.63, 3.8) is 0 Å². The fraction of sp³-hybridized carbons (Fsp3) is 1.00. The van der Waals surface area contributed by atoms with E-state index >= 15 is 0 Å². The molecule has 1 aliphatic carbocycles. The average molecular weight is 219 g/mol. The second-order valence-electron chi connectivity index (χ2n) is 3.74. The molecule has 2 N–H and O–H groups in total. The van der Waals surface area contributed by atoms with Crippen LogP contribution in [-0.2, 0) is 4.74 Å². The summed E-state index contributed by atoms with van der Waals surface area (Å²) in [5.74, 6) is 2.13. The number of aliphatic hydroxyl groups is 1. The van der Waals surface area contributed by atoms with Gasteiger partial charge in [-0.1, -0.05) is 0 Å². The van der Waals surface area contributed by atoms with Gasteiger partial charge in [-0.25, -0.2) is 0 Å². The Balaban J connectivity index is 1.90. The summed E-state index contributed by atoms with van der Waals surface area (Å²) >= 11 is 1.89. The molecule has 1 aliphatic rings. The van der Waals surface area contributed by atoms with Crippen LogP contribution in [0.15, 0.2) is 0 Å². The Morgan fingerprint density at radius 3 is 2.93 bits per heavy atom. The molecule has 4 heteroatoms. The summed E-state index contributed by atoms with van der Waals surface area (Å²) in [5.41, 5.74) is 0. The molecule has 14 heavy (non-hydrogen) atoms. The van der Waals surface area contributed by atoms with Gasteiger partial charge in [0.1, 0.15) is 0 Å². The molecule has 0 bridgehead atoms. The Morgan fingerprint density at radius 2 is 2.36 bits per heavy atom. The van der Waals surface area contributed by atoms with Crippen molar-refractivity contribution >= 4 is 11.8 Å². The van der Waals surface area contributed by atoms with E-state index in [4.69, 9.17) is 9.84 Å². The van der Waals surface area contributed by atoms with Crippen molar-refractivity contribution in [3.8, 4) is 0 Å². The lowest BCUT2D eigenvalue weighted by Crippen LogP contribution is -2.36. The molecule has 0 spiro atoms. The van der Waals surface area contributed by atoms with E-state index in [1.54, 1.807) is 7.11 Å². The Labute approximate surface area is 90.6 Å². The standard InChI is InChI=1S/C10H21NO2S/c1-13-5-2-6-14-8-10(7-12)11-9-3-4-9/h9-12H,2-8H2,1H3. The zero-order valence-corrected chi connectivity index (χ0v) is 9.68. The fourth-order valence-electron chi connectivity index (χ4n) is 1.27. The molecule has 0 radical (unpaired) electrons. The average Bonchev–Trinajstić information content (AvgIpc) is 2.99. The molecule has 84 valence electrons. The van der Waals surface area contributed by atoms with Crippen LogP contribution in [0.2, 0.25) is 0 Å². The van der Waals surface area contributed by atoms with Gasteiger partial charge in [-0.15, -0.1) is 0 Å². The minimum atomic E-state index is 0.258. The molecule has 1 rings (SSSR count). The molecular formula is C10H21NO2S. The van der Waals surface area contributed by atoms with Crippen molar-refractivity contribution in [1.29, 1.82) is 0 Å². The van der Waals surface area contributed by atoms with Crippen LogP contribution >= 0.6 is 11.8 Å². The first-order chi connectivity index (χ1) is 6.86. The minimum Gasteiger partial charge on any atom is -0.395 e. The molecule has 1 unspecified atom stereocenters. The van der Waals surface area contributed by atoms with E-state index < -0.39 is 0 Å². The lowest BCUT2D eigenvalue weighted by Gasteiger charge is -2.15. The minimum absolute atomic E-state index is 0.258. The zero-order chi connectivity index (χ0) is 10.2. The number of hydrogen-bond donors (Lipinski definition) is 2. The van der Waals surface area contributed by atoms with Crippen LogP contribution in [-0.4, -0.2) is 49.0 Å². The Bertz CT molecular complexity index is 142. The van der Waals surface area contributed by atoms with Gasteiger partial charge in [0.05, 0.1) is 6.61 Å². The van der Waals surface area contributed by atoms with Crippen LogP contribution in [0.25, 0.3) is 0 Å². The number of thioether (sulfide) groups is 1. The highest BCUT2D eigenvalue weighted by Gasteiger charge is 2.23. The highest BCUT2D eigenvalue weighted by molar-refractivity contribution is 7.99. The van der Waals surface area contributed by atoms with E-state index in [0.29, 0.717) is 6.04 Å². The van der Waals surface area contributed by atoms with Crippen LogP contribution in [0.3, 0.4) is 0 Å². The van der Waals surface area contributed by atoms with Crippen molar-refractivity contribution in [2.75, 3.05) is 31.8 Å². The fourth-order valence-corrected chi connectivity index (χ4v) is 2.24.